The molecule has 1 saturated carbocycles. The summed E-state index contributed by atoms with van der Waals surface area (Å²) in [7, 11) is 0. The topological polar surface area (TPSA) is 49.4 Å². The van der Waals surface area contributed by atoms with Gasteiger partial charge in [0.25, 0.3) is 0 Å². The molecule has 0 aromatic heterocycles. The van der Waals surface area contributed by atoms with Crippen LogP contribution in [-0.4, -0.2) is 29.8 Å². The van der Waals surface area contributed by atoms with Crippen LogP contribution in [0.15, 0.2) is 18.2 Å². The first kappa shape index (κ1) is 15.8. The Bertz CT molecular complexity index is 590. The van der Waals surface area contributed by atoms with Gasteiger partial charge in [0.1, 0.15) is 0 Å². The molecule has 1 saturated heterocycles. The van der Waals surface area contributed by atoms with Crippen LogP contribution < -0.4 is 5.32 Å². The van der Waals surface area contributed by atoms with Gasteiger partial charge in [-0.2, -0.15) is 0 Å². The summed E-state index contributed by atoms with van der Waals surface area (Å²) in [6, 6.07) is 5.97. The van der Waals surface area contributed by atoms with Gasteiger partial charge >= 0.3 is 0 Å². The van der Waals surface area contributed by atoms with Gasteiger partial charge in [-0.15, -0.1) is 0 Å². The standard InChI is InChI=1S/C17H21IN2O2/c1-11-2-5-14(10-15(11)18)19-16(21)12-6-8-20(9-7-12)17(22)13-3-4-13/h2,5,10,12-13H,3-4,6-9H2,1H3,(H,19,21). The molecule has 0 unspecified atom stereocenters. The van der Waals surface area contributed by atoms with E-state index in [9.17, 15) is 9.59 Å². The van der Waals surface area contributed by atoms with Crippen LogP contribution in [0.25, 0.3) is 0 Å². The van der Waals surface area contributed by atoms with Crippen LogP contribution in [0.2, 0.25) is 0 Å². The van der Waals surface area contributed by atoms with E-state index >= 15 is 0 Å². The average Bonchev–Trinajstić information content (AvgIpc) is 3.35. The van der Waals surface area contributed by atoms with Crippen molar-refractivity contribution < 1.29 is 9.59 Å². The zero-order valence-corrected chi connectivity index (χ0v) is 14.9. The molecule has 4 nitrogen and oxygen atoms in total. The van der Waals surface area contributed by atoms with Crippen LogP contribution in [0, 0.1) is 22.3 Å². The lowest BCUT2D eigenvalue weighted by molar-refractivity contribution is -0.135. The lowest BCUT2D eigenvalue weighted by Crippen LogP contribution is -2.42. The lowest BCUT2D eigenvalue weighted by Gasteiger charge is -2.31. The summed E-state index contributed by atoms with van der Waals surface area (Å²) in [6.45, 7) is 3.50. The van der Waals surface area contributed by atoms with Crippen LogP contribution in [0.1, 0.15) is 31.2 Å². The number of carbonyl (C=O) groups excluding carboxylic acids is 2. The number of rotatable bonds is 3. The van der Waals surface area contributed by atoms with Crippen molar-refractivity contribution in [1.82, 2.24) is 4.90 Å². The van der Waals surface area contributed by atoms with Gasteiger partial charge in [0.15, 0.2) is 0 Å². The molecule has 2 fully saturated rings. The second-order valence-corrected chi connectivity index (χ2v) is 7.49. The van der Waals surface area contributed by atoms with Gasteiger partial charge in [-0.25, -0.2) is 0 Å². The Labute approximate surface area is 144 Å². The number of halogens is 1. The third-order valence-electron chi connectivity index (χ3n) is 4.54. The van der Waals surface area contributed by atoms with Crippen molar-refractivity contribution in [3.63, 3.8) is 0 Å². The monoisotopic (exact) mass is 412 g/mol. The van der Waals surface area contributed by atoms with Gasteiger partial charge in [0.2, 0.25) is 11.8 Å². The maximum Gasteiger partial charge on any atom is 0.227 e. The number of benzene rings is 1. The third kappa shape index (κ3) is 3.62. The summed E-state index contributed by atoms with van der Waals surface area (Å²) in [5.74, 6) is 0.673. The summed E-state index contributed by atoms with van der Waals surface area (Å²) in [6.07, 6.45) is 3.64. The van der Waals surface area contributed by atoms with E-state index in [2.05, 4.69) is 34.8 Å². The molecule has 1 heterocycles. The Morgan fingerprint density at radius 2 is 1.82 bits per heavy atom. The lowest BCUT2D eigenvalue weighted by atomic mass is 9.95. The Morgan fingerprint density at radius 1 is 1.14 bits per heavy atom. The minimum Gasteiger partial charge on any atom is -0.342 e. The van der Waals surface area contributed by atoms with E-state index in [0.717, 1.165) is 48.0 Å². The average molecular weight is 412 g/mol. The fourth-order valence-electron chi connectivity index (χ4n) is 2.87. The molecule has 2 amide bonds. The molecule has 1 aromatic carbocycles. The summed E-state index contributed by atoms with van der Waals surface area (Å²) in [4.78, 5) is 26.3. The molecule has 3 rings (SSSR count). The van der Waals surface area contributed by atoms with Gasteiger partial charge in [-0.3, -0.25) is 9.59 Å². The first-order valence-electron chi connectivity index (χ1n) is 7.90. The molecule has 1 aliphatic heterocycles. The van der Waals surface area contributed by atoms with E-state index in [1.54, 1.807) is 0 Å². The summed E-state index contributed by atoms with van der Waals surface area (Å²) in [5.41, 5.74) is 2.07. The van der Waals surface area contributed by atoms with Crippen molar-refractivity contribution in [3.05, 3.63) is 27.3 Å². The molecule has 1 aliphatic carbocycles. The molecule has 0 atom stereocenters. The molecule has 1 aromatic rings. The van der Waals surface area contributed by atoms with Crippen molar-refractivity contribution >= 4 is 40.1 Å². The second kappa shape index (κ2) is 6.56. The molecule has 0 radical (unpaired) electrons. The van der Waals surface area contributed by atoms with E-state index in [1.807, 2.05) is 23.1 Å². The van der Waals surface area contributed by atoms with Gasteiger partial charge in [0, 0.05) is 34.2 Å². The molecule has 1 N–H and O–H groups in total. The van der Waals surface area contributed by atoms with Crippen molar-refractivity contribution in [2.45, 2.75) is 32.6 Å². The number of nitrogens with one attached hydrogen (secondary N) is 1. The highest BCUT2D eigenvalue weighted by Crippen LogP contribution is 2.32. The fourth-order valence-corrected chi connectivity index (χ4v) is 3.38. The third-order valence-corrected chi connectivity index (χ3v) is 5.71. The number of aryl methyl sites for hydroxylation is 1. The zero-order valence-electron chi connectivity index (χ0n) is 12.8. The number of anilines is 1. The van der Waals surface area contributed by atoms with Gasteiger partial charge < -0.3 is 10.2 Å². The van der Waals surface area contributed by atoms with Crippen LogP contribution >= 0.6 is 22.6 Å². The van der Waals surface area contributed by atoms with Crippen molar-refractivity contribution in [3.8, 4) is 0 Å². The zero-order chi connectivity index (χ0) is 15.7. The maximum absolute atomic E-state index is 12.4. The Balaban J connectivity index is 1.53. The van der Waals surface area contributed by atoms with E-state index in [4.69, 9.17) is 0 Å². The van der Waals surface area contributed by atoms with Gasteiger partial charge in [0.05, 0.1) is 0 Å². The minimum absolute atomic E-state index is 0.0159. The molecular formula is C17H21IN2O2. The van der Waals surface area contributed by atoms with E-state index in [1.165, 1.54) is 5.56 Å². The molecule has 0 spiro atoms. The van der Waals surface area contributed by atoms with Crippen molar-refractivity contribution in [2.24, 2.45) is 11.8 Å². The quantitative estimate of drug-likeness (QED) is 0.776. The number of hydrogen-bond acceptors (Lipinski definition) is 2. The minimum atomic E-state index is 0.0159. The molecular weight excluding hydrogens is 391 g/mol. The van der Waals surface area contributed by atoms with Crippen LogP contribution in [0.5, 0.6) is 0 Å². The molecule has 118 valence electrons. The van der Waals surface area contributed by atoms with Crippen LogP contribution in [0.3, 0.4) is 0 Å². The number of nitrogens with zero attached hydrogens (tertiary/aromatic N) is 1. The largest absolute Gasteiger partial charge is 0.342 e. The number of piperidine rings is 1. The van der Waals surface area contributed by atoms with E-state index in [-0.39, 0.29) is 17.7 Å². The first-order valence-corrected chi connectivity index (χ1v) is 8.98. The SMILES string of the molecule is Cc1ccc(NC(=O)C2CCN(C(=O)C3CC3)CC2)cc1I. The van der Waals surface area contributed by atoms with E-state index in [0.29, 0.717) is 5.91 Å². The van der Waals surface area contributed by atoms with Crippen LogP contribution in [-0.2, 0) is 9.59 Å². The summed E-state index contributed by atoms with van der Waals surface area (Å²) < 4.78 is 1.15. The molecule has 2 aliphatic rings. The number of hydrogen-bond donors (Lipinski definition) is 1. The fraction of sp³-hybridized carbons (Fsp3) is 0.529. The summed E-state index contributed by atoms with van der Waals surface area (Å²) in [5, 5.41) is 3.01. The van der Waals surface area contributed by atoms with Crippen molar-refractivity contribution in [1.29, 1.82) is 0 Å². The predicted molar refractivity (Wildman–Crippen MR) is 94.6 cm³/mol. The van der Waals surface area contributed by atoms with Crippen molar-refractivity contribution in [2.75, 3.05) is 18.4 Å². The number of likely N-dealkylation sites (tertiary alicyclic amines) is 1. The van der Waals surface area contributed by atoms with Crippen LogP contribution in [0.4, 0.5) is 5.69 Å². The second-order valence-electron chi connectivity index (χ2n) is 6.33. The van der Waals surface area contributed by atoms with E-state index < -0.39 is 0 Å². The first-order chi connectivity index (χ1) is 10.5. The Kier molecular flexibility index (Phi) is 4.70. The highest BCUT2D eigenvalue weighted by atomic mass is 127. The molecule has 0 bridgehead atoms. The number of carbonyl (C=O) groups is 2. The number of amides is 2. The molecule has 22 heavy (non-hydrogen) atoms. The molecule has 5 heteroatoms. The van der Waals surface area contributed by atoms with Gasteiger partial charge in [-0.1, -0.05) is 6.07 Å². The summed E-state index contributed by atoms with van der Waals surface area (Å²) >= 11 is 2.28. The maximum atomic E-state index is 12.4. The Morgan fingerprint density at radius 3 is 2.41 bits per heavy atom. The highest BCUT2D eigenvalue weighted by molar-refractivity contribution is 14.1. The smallest absolute Gasteiger partial charge is 0.227 e. The van der Waals surface area contributed by atoms with Gasteiger partial charge in [-0.05, 0) is 72.9 Å². The normalized spacial score (nSPS) is 19.1. The highest BCUT2D eigenvalue weighted by Gasteiger charge is 2.35. The Hall–Kier alpha value is -1.11. The predicted octanol–water partition coefficient (Wildman–Crippen LogP) is 3.19.